The summed E-state index contributed by atoms with van der Waals surface area (Å²) in [5.74, 6) is 0. The number of rotatable bonds is 4. The lowest BCUT2D eigenvalue weighted by Gasteiger charge is -2.06. The van der Waals surface area contributed by atoms with Crippen LogP contribution in [0, 0.1) is 0 Å². The Morgan fingerprint density at radius 2 is 1.82 bits per heavy atom. The first-order valence-electron chi connectivity index (χ1n) is 3.39. The Kier molecular flexibility index (Phi) is 4.18. The van der Waals surface area contributed by atoms with E-state index >= 15 is 0 Å². The predicted molar refractivity (Wildman–Crippen MR) is 38.1 cm³/mol. The van der Waals surface area contributed by atoms with Crippen molar-refractivity contribution in [1.82, 2.24) is 0 Å². The summed E-state index contributed by atoms with van der Waals surface area (Å²) in [5.41, 5.74) is 5.70. The summed E-state index contributed by atoms with van der Waals surface area (Å²) in [6.45, 7) is 3.84. The first kappa shape index (κ1) is 10.5. The minimum Gasteiger partial charge on any atom is -0.330 e. The van der Waals surface area contributed by atoms with Crippen molar-refractivity contribution in [3.05, 3.63) is 12.2 Å². The van der Waals surface area contributed by atoms with E-state index in [0.717, 1.165) is 0 Å². The Balaban J connectivity index is 3.46. The second-order valence-corrected chi connectivity index (χ2v) is 2.40. The molecule has 4 heteroatoms. The van der Waals surface area contributed by atoms with E-state index in [0.29, 0.717) is 18.5 Å². The van der Waals surface area contributed by atoms with Gasteiger partial charge < -0.3 is 5.73 Å². The molecule has 0 aromatic carbocycles. The average molecular weight is 167 g/mol. The summed E-state index contributed by atoms with van der Waals surface area (Å²) in [7, 11) is 0. The lowest BCUT2D eigenvalue weighted by Crippen LogP contribution is -2.08. The van der Waals surface area contributed by atoms with Crippen LogP contribution in [-0.4, -0.2) is 12.7 Å². The molecule has 0 radical (unpaired) electrons. The molecule has 1 nitrogen and oxygen atoms in total. The van der Waals surface area contributed by atoms with Crippen LogP contribution < -0.4 is 5.73 Å². The molecular formula is C7H12F3N. The maximum absolute atomic E-state index is 11.6. The van der Waals surface area contributed by atoms with Gasteiger partial charge in [-0.25, -0.2) is 0 Å². The van der Waals surface area contributed by atoms with Crippen LogP contribution in [-0.2, 0) is 0 Å². The van der Waals surface area contributed by atoms with E-state index in [9.17, 15) is 13.2 Å². The third kappa shape index (κ3) is 7.39. The van der Waals surface area contributed by atoms with Crippen molar-refractivity contribution in [3.63, 3.8) is 0 Å². The summed E-state index contributed by atoms with van der Waals surface area (Å²) in [5, 5.41) is 0. The van der Waals surface area contributed by atoms with E-state index in [1.165, 1.54) is 0 Å². The van der Waals surface area contributed by atoms with Crippen LogP contribution in [0.4, 0.5) is 13.2 Å². The lowest BCUT2D eigenvalue weighted by molar-refractivity contribution is -0.134. The maximum Gasteiger partial charge on any atom is 0.389 e. The Bertz CT molecular complexity index is 128. The van der Waals surface area contributed by atoms with Crippen LogP contribution in [0.2, 0.25) is 0 Å². The van der Waals surface area contributed by atoms with E-state index < -0.39 is 12.6 Å². The van der Waals surface area contributed by atoms with Gasteiger partial charge in [0.1, 0.15) is 0 Å². The molecular weight excluding hydrogens is 155 g/mol. The van der Waals surface area contributed by atoms with E-state index in [4.69, 9.17) is 5.73 Å². The van der Waals surface area contributed by atoms with E-state index in [1.54, 1.807) is 0 Å². The molecule has 0 bridgehead atoms. The number of hydrogen-bond donors (Lipinski definition) is 1. The van der Waals surface area contributed by atoms with Gasteiger partial charge in [-0.2, -0.15) is 13.2 Å². The quantitative estimate of drug-likeness (QED) is 0.638. The zero-order valence-corrected chi connectivity index (χ0v) is 6.25. The van der Waals surface area contributed by atoms with E-state index in [2.05, 4.69) is 6.58 Å². The highest BCUT2D eigenvalue weighted by molar-refractivity contribution is 4.94. The normalized spacial score (nSPS) is 11.6. The fourth-order valence-electron chi connectivity index (χ4n) is 0.648. The van der Waals surface area contributed by atoms with Crippen LogP contribution in [0.25, 0.3) is 0 Å². The van der Waals surface area contributed by atoms with Gasteiger partial charge in [-0.1, -0.05) is 12.2 Å². The number of hydrogen-bond acceptors (Lipinski definition) is 1. The SMILES string of the molecule is C=C(CCN)CCC(F)(F)F. The molecule has 2 N–H and O–H groups in total. The highest BCUT2D eigenvalue weighted by Gasteiger charge is 2.26. The molecule has 0 unspecified atom stereocenters. The largest absolute Gasteiger partial charge is 0.389 e. The van der Waals surface area contributed by atoms with Crippen LogP contribution in [0.1, 0.15) is 19.3 Å². The Labute approximate surface area is 64.1 Å². The molecule has 0 amide bonds. The van der Waals surface area contributed by atoms with Crippen molar-refractivity contribution in [1.29, 1.82) is 0 Å². The monoisotopic (exact) mass is 167 g/mol. The van der Waals surface area contributed by atoms with Gasteiger partial charge in [-0.15, -0.1) is 0 Å². The molecule has 0 aliphatic heterocycles. The highest BCUT2D eigenvalue weighted by Crippen LogP contribution is 2.23. The smallest absolute Gasteiger partial charge is 0.330 e. The highest BCUT2D eigenvalue weighted by atomic mass is 19.4. The standard InChI is InChI=1S/C7H12F3N/c1-6(3-5-11)2-4-7(8,9)10/h1-5,11H2. The molecule has 0 aliphatic carbocycles. The molecule has 0 fully saturated rings. The molecule has 11 heavy (non-hydrogen) atoms. The van der Waals surface area contributed by atoms with E-state index in [1.807, 2.05) is 0 Å². The van der Waals surface area contributed by atoms with Gasteiger partial charge in [0.2, 0.25) is 0 Å². The van der Waals surface area contributed by atoms with Gasteiger partial charge in [0, 0.05) is 6.42 Å². The molecule has 0 saturated carbocycles. The first-order chi connectivity index (χ1) is 4.95. The maximum atomic E-state index is 11.6. The fourth-order valence-corrected chi connectivity index (χ4v) is 0.648. The van der Waals surface area contributed by atoms with Gasteiger partial charge >= 0.3 is 6.18 Å². The third-order valence-electron chi connectivity index (χ3n) is 1.26. The molecule has 0 atom stereocenters. The minimum absolute atomic E-state index is 0.000694. The number of halogens is 3. The van der Waals surface area contributed by atoms with Crippen LogP contribution in [0.3, 0.4) is 0 Å². The van der Waals surface area contributed by atoms with Crippen molar-refractivity contribution >= 4 is 0 Å². The van der Waals surface area contributed by atoms with Crippen molar-refractivity contribution in [2.75, 3.05) is 6.54 Å². The number of nitrogens with two attached hydrogens (primary N) is 1. The zero-order valence-electron chi connectivity index (χ0n) is 6.25. The second kappa shape index (κ2) is 4.38. The summed E-state index contributed by atoms with van der Waals surface area (Å²) < 4.78 is 34.8. The Morgan fingerprint density at radius 1 is 1.27 bits per heavy atom. The van der Waals surface area contributed by atoms with Crippen LogP contribution >= 0.6 is 0 Å². The van der Waals surface area contributed by atoms with Gasteiger partial charge in [0.05, 0.1) is 0 Å². The van der Waals surface area contributed by atoms with Gasteiger partial charge in [-0.05, 0) is 19.4 Å². The van der Waals surface area contributed by atoms with E-state index in [-0.39, 0.29) is 6.42 Å². The minimum atomic E-state index is -4.07. The molecule has 0 aromatic heterocycles. The average Bonchev–Trinajstić information content (AvgIpc) is 1.83. The molecule has 0 saturated heterocycles. The van der Waals surface area contributed by atoms with Crippen LogP contribution in [0.15, 0.2) is 12.2 Å². The molecule has 0 heterocycles. The van der Waals surface area contributed by atoms with Crippen molar-refractivity contribution in [3.8, 4) is 0 Å². The Hall–Kier alpha value is -0.510. The van der Waals surface area contributed by atoms with Crippen LogP contribution in [0.5, 0.6) is 0 Å². The van der Waals surface area contributed by atoms with Crippen molar-refractivity contribution in [2.24, 2.45) is 5.73 Å². The second-order valence-electron chi connectivity index (χ2n) is 2.40. The van der Waals surface area contributed by atoms with Gasteiger partial charge in [-0.3, -0.25) is 0 Å². The van der Waals surface area contributed by atoms with Crippen molar-refractivity contribution < 1.29 is 13.2 Å². The zero-order chi connectivity index (χ0) is 8.91. The third-order valence-corrected chi connectivity index (χ3v) is 1.26. The first-order valence-corrected chi connectivity index (χ1v) is 3.39. The topological polar surface area (TPSA) is 26.0 Å². The summed E-state index contributed by atoms with van der Waals surface area (Å²) in [6, 6.07) is 0. The van der Waals surface area contributed by atoms with Gasteiger partial charge in [0.15, 0.2) is 0 Å². The molecule has 0 aromatic rings. The molecule has 0 spiro atoms. The summed E-state index contributed by atoms with van der Waals surface area (Å²) in [6.07, 6.45) is -4.37. The lowest BCUT2D eigenvalue weighted by atomic mass is 10.1. The predicted octanol–water partition coefficient (Wildman–Crippen LogP) is 2.23. The Morgan fingerprint density at radius 3 is 2.18 bits per heavy atom. The van der Waals surface area contributed by atoms with Gasteiger partial charge in [0.25, 0.3) is 0 Å². The molecule has 66 valence electrons. The van der Waals surface area contributed by atoms with Crippen molar-refractivity contribution in [2.45, 2.75) is 25.4 Å². The molecule has 0 rings (SSSR count). The number of alkyl halides is 3. The fraction of sp³-hybridized carbons (Fsp3) is 0.714. The molecule has 0 aliphatic rings. The summed E-state index contributed by atoms with van der Waals surface area (Å²) in [4.78, 5) is 0. The summed E-state index contributed by atoms with van der Waals surface area (Å²) >= 11 is 0.